The molecule has 3 rings (SSSR count). The zero-order valence-electron chi connectivity index (χ0n) is 14.9. The third-order valence-corrected chi connectivity index (χ3v) is 4.98. The summed E-state index contributed by atoms with van der Waals surface area (Å²) in [5.41, 5.74) is 6.33. The van der Waals surface area contributed by atoms with E-state index in [0.29, 0.717) is 36.2 Å². The Hall–Kier alpha value is -1.92. The predicted molar refractivity (Wildman–Crippen MR) is 101 cm³/mol. The van der Waals surface area contributed by atoms with E-state index in [1.54, 1.807) is 0 Å². The second-order valence-electron chi connectivity index (χ2n) is 6.74. The first-order chi connectivity index (χ1) is 12.7. The van der Waals surface area contributed by atoms with Crippen LogP contribution in [0.5, 0.6) is 0 Å². The number of nitrogens with zero attached hydrogens (tertiary/aromatic N) is 3. The molecule has 1 aliphatic heterocycles. The Morgan fingerprint density at radius 1 is 1.35 bits per heavy atom. The van der Waals surface area contributed by atoms with Gasteiger partial charge in [-0.3, -0.25) is 4.79 Å². The summed E-state index contributed by atoms with van der Waals surface area (Å²) in [5, 5.41) is 4.72. The number of benzene rings is 1. The van der Waals surface area contributed by atoms with E-state index in [0.717, 1.165) is 44.2 Å². The third-order valence-electron chi connectivity index (χ3n) is 4.74. The molecule has 1 aromatic heterocycles. The van der Waals surface area contributed by atoms with Crippen molar-refractivity contribution < 1.29 is 9.32 Å². The number of nitrogens with two attached hydrogens (primary N) is 1. The molecule has 7 heteroatoms. The molecule has 0 radical (unpaired) electrons. The molecule has 2 aromatic rings. The summed E-state index contributed by atoms with van der Waals surface area (Å²) in [5.74, 6) is 1.44. The van der Waals surface area contributed by atoms with Gasteiger partial charge in [0.05, 0.1) is 5.92 Å². The number of unbranched alkanes of at least 4 members (excludes halogenated alkanes) is 2. The Bertz CT molecular complexity index is 734. The molecule has 2 N–H and O–H groups in total. The SMILES string of the molecule is NCCCCCC(=O)N1CCCC(c2nc(-c3cccc(Cl)c3)no2)C1. The van der Waals surface area contributed by atoms with E-state index < -0.39 is 0 Å². The minimum absolute atomic E-state index is 0.0946. The molecular formula is C19H25ClN4O2. The molecule has 0 saturated carbocycles. The second kappa shape index (κ2) is 9.14. The van der Waals surface area contributed by atoms with Crippen LogP contribution in [0.3, 0.4) is 0 Å². The highest BCUT2D eigenvalue weighted by atomic mass is 35.5. The quantitative estimate of drug-likeness (QED) is 0.746. The maximum atomic E-state index is 12.4. The first-order valence-corrected chi connectivity index (χ1v) is 9.62. The van der Waals surface area contributed by atoms with Crippen molar-refractivity contribution in [2.45, 2.75) is 44.4 Å². The predicted octanol–water partition coefficient (Wildman–Crippen LogP) is 3.62. The van der Waals surface area contributed by atoms with Gasteiger partial charge in [-0.2, -0.15) is 4.98 Å². The molecule has 0 spiro atoms. The summed E-state index contributed by atoms with van der Waals surface area (Å²) in [6.07, 6.45) is 5.37. The number of piperidine rings is 1. The molecule has 26 heavy (non-hydrogen) atoms. The Kier molecular flexibility index (Phi) is 6.63. The van der Waals surface area contributed by atoms with Crippen LogP contribution in [0.2, 0.25) is 5.02 Å². The van der Waals surface area contributed by atoms with Crippen molar-refractivity contribution >= 4 is 17.5 Å². The minimum Gasteiger partial charge on any atom is -0.342 e. The molecule has 6 nitrogen and oxygen atoms in total. The second-order valence-corrected chi connectivity index (χ2v) is 7.18. The van der Waals surface area contributed by atoms with E-state index in [1.807, 2.05) is 29.2 Å². The van der Waals surface area contributed by atoms with Gasteiger partial charge in [0.2, 0.25) is 17.6 Å². The van der Waals surface area contributed by atoms with Gasteiger partial charge in [0.15, 0.2) is 0 Å². The first kappa shape index (κ1) is 18.9. The summed E-state index contributed by atoms with van der Waals surface area (Å²) in [6, 6.07) is 7.39. The van der Waals surface area contributed by atoms with E-state index in [-0.39, 0.29) is 11.8 Å². The number of halogens is 1. The van der Waals surface area contributed by atoms with Crippen molar-refractivity contribution in [2.24, 2.45) is 5.73 Å². The van der Waals surface area contributed by atoms with Gasteiger partial charge in [-0.15, -0.1) is 0 Å². The summed E-state index contributed by atoms with van der Waals surface area (Å²) < 4.78 is 5.48. The average molecular weight is 377 g/mol. The highest BCUT2D eigenvalue weighted by Gasteiger charge is 2.28. The van der Waals surface area contributed by atoms with Gasteiger partial charge in [0.1, 0.15) is 0 Å². The molecule has 0 aliphatic carbocycles. The molecule has 0 bridgehead atoms. The Morgan fingerprint density at radius 2 is 2.23 bits per heavy atom. The summed E-state index contributed by atoms with van der Waals surface area (Å²) in [6.45, 7) is 2.14. The van der Waals surface area contributed by atoms with Crippen LogP contribution in [0.25, 0.3) is 11.4 Å². The number of carbonyl (C=O) groups is 1. The van der Waals surface area contributed by atoms with Crippen molar-refractivity contribution in [2.75, 3.05) is 19.6 Å². The molecule has 1 atom stereocenters. The van der Waals surface area contributed by atoms with Gasteiger partial charge in [0.25, 0.3) is 0 Å². The maximum Gasteiger partial charge on any atom is 0.231 e. The van der Waals surface area contributed by atoms with Crippen LogP contribution < -0.4 is 5.73 Å². The normalized spacial score (nSPS) is 17.5. The smallest absolute Gasteiger partial charge is 0.231 e. The van der Waals surface area contributed by atoms with Gasteiger partial charge < -0.3 is 15.2 Å². The Morgan fingerprint density at radius 3 is 3.04 bits per heavy atom. The van der Waals surface area contributed by atoms with Crippen molar-refractivity contribution in [1.82, 2.24) is 15.0 Å². The summed E-state index contributed by atoms with van der Waals surface area (Å²) in [7, 11) is 0. The lowest BCUT2D eigenvalue weighted by Gasteiger charge is -2.31. The van der Waals surface area contributed by atoms with E-state index in [2.05, 4.69) is 10.1 Å². The maximum absolute atomic E-state index is 12.4. The van der Waals surface area contributed by atoms with Crippen LogP contribution in [0.4, 0.5) is 0 Å². The van der Waals surface area contributed by atoms with Crippen molar-refractivity contribution in [1.29, 1.82) is 0 Å². The number of likely N-dealkylation sites (tertiary alicyclic amines) is 1. The standard InChI is InChI=1S/C19H25ClN4O2/c20-16-8-4-6-14(12-16)18-22-19(26-23-18)15-7-5-11-24(13-15)17(25)9-2-1-3-10-21/h4,6,8,12,15H,1-3,5,7,9-11,13,21H2. The van der Waals surface area contributed by atoms with E-state index in [9.17, 15) is 4.79 Å². The number of rotatable bonds is 7. The van der Waals surface area contributed by atoms with Gasteiger partial charge in [-0.25, -0.2) is 0 Å². The fourth-order valence-electron chi connectivity index (χ4n) is 3.31. The fourth-order valence-corrected chi connectivity index (χ4v) is 3.50. The molecule has 2 heterocycles. The molecule has 1 fully saturated rings. The molecule has 1 unspecified atom stereocenters. The van der Waals surface area contributed by atoms with Crippen LogP contribution in [-0.4, -0.2) is 40.6 Å². The third kappa shape index (κ3) is 4.83. The van der Waals surface area contributed by atoms with E-state index >= 15 is 0 Å². The number of amides is 1. The molecule has 1 amide bonds. The largest absolute Gasteiger partial charge is 0.342 e. The average Bonchev–Trinajstić information content (AvgIpc) is 3.15. The molecule has 1 aliphatic rings. The molecule has 1 aromatic carbocycles. The van der Waals surface area contributed by atoms with Crippen LogP contribution in [-0.2, 0) is 4.79 Å². The zero-order chi connectivity index (χ0) is 18.4. The monoisotopic (exact) mass is 376 g/mol. The van der Waals surface area contributed by atoms with Crippen LogP contribution >= 0.6 is 11.6 Å². The van der Waals surface area contributed by atoms with Crippen molar-refractivity contribution in [3.05, 3.63) is 35.2 Å². The molecule has 1 saturated heterocycles. The number of carbonyl (C=O) groups excluding carboxylic acids is 1. The van der Waals surface area contributed by atoms with Crippen molar-refractivity contribution in [3.8, 4) is 11.4 Å². The number of hydrogen-bond donors (Lipinski definition) is 1. The fraction of sp³-hybridized carbons (Fsp3) is 0.526. The number of aromatic nitrogens is 2. The van der Waals surface area contributed by atoms with E-state index in [4.69, 9.17) is 21.9 Å². The van der Waals surface area contributed by atoms with Crippen LogP contribution in [0.1, 0.15) is 50.3 Å². The van der Waals surface area contributed by atoms with E-state index in [1.165, 1.54) is 0 Å². The Balaban J connectivity index is 1.60. The lowest BCUT2D eigenvalue weighted by molar-refractivity contribution is -0.132. The number of hydrogen-bond acceptors (Lipinski definition) is 5. The van der Waals surface area contributed by atoms with Gasteiger partial charge in [-0.05, 0) is 44.4 Å². The molecular weight excluding hydrogens is 352 g/mol. The Labute approximate surface area is 158 Å². The van der Waals surface area contributed by atoms with Crippen molar-refractivity contribution in [3.63, 3.8) is 0 Å². The van der Waals surface area contributed by atoms with Gasteiger partial charge in [-0.1, -0.05) is 35.3 Å². The van der Waals surface area contributed by atoms with Gasteiger partial charge >= 0.3 is 0 Å². The summed E-state index contributed by atoms with van der Waals surface area (Å²) in [4.78, 5) is 18.9. The first-order valence-electron chi connectivity index (χ1n) is 9.25. The lowest BCUT2D eigenvalue weighted by atomic mass is 9.97. The highest BCUT2D eigenvalue weighted by molar-refractivity contribution is 6.30. The van der Waals surface area contributed by atoms with Gasteiger partial charge in [0, 0.05) is 30.1 Å². The molecule has 140 valence electrons. The lowest BCUT2D eigenvalue weighted by Crippen LogP contribution is -2.39. The minimum atomic E-state index is 0.0946. The summed E-state index contributed by atoms with van der Waals surface area (Å²) >= 11 is 6.03. The zero-order valence-corrected chi connectivity index (χ0v) is 15.6. The van der Waals surface area contributed by atoms with Crippen LogP contribution in [0.15, 0.2) is 28.8 Å². The van der Waals surface area contributed by atoms with Crippen LogP contribution in [0, 0.1) is 0 Å². The highest BCUT2D eigenvalue weighted by Crippen LogP contribution is 2.28. The topological polar surface area (TPSA) is 85.3 Å².